The van der Waals surface area contributed by atoms with Gasteiger partial charge in [0.2, 0.25) is 0 Å². The highest BCUT2D eigenvalue weighted by Gasteiger charge is 2.39. The maximum atomic E-state index is 12.7. The number of hydrogen-bond acceptors (Lipinski definition) is 6. The van der Waals surface area contributed by atoms with Crippen LogP contribution in [0.1, 0.15) is 37.7 Å². The number of ether oxygens (including phenoxy) is 2. The molecule has 0 radical (unpaired) electrons. The number of dihydropyridines is 1. The van der Waals surface area contributed by atoms with Gasteiger partial charge < -0.3 is 19.9 Å². The predicted octanol–water partition coefficient (Wildman–Crippen LogP) is 3.30. The van der Waals surface area contributed by atoms with E-state index in [9.17, 15) is 14.7 Å². The molecule has 0 saturated heterocycles. The van der Waals surface area contributed by atoms with Crippen LogP contribution in [0.4, 0.5) is 0 Å². The fourth-order valence-electron chi connectivity index (χ4n) is 3.61. The average molecular weight is 422 g/mol. The smallest absolute Gasteiger partial charge is 0.336 e. The van der Waals surface area contributed by atoms with Crippen LogP contribution in [-0.2, 0) is 14.3 Å². The van der Waals surface area contributed by atoms with Crippen LogP contribution in [-0.4, -0.2) is 31.1 Å². The number of Topliss-reactive ketones (excluding diaryl/α,β-unsaturated/α-hetero) is 1. The van der Waals surface area contributed by atoms with Crippen molar-refractivity contribution in [1.82, 2.24) is 5.32 Å². The summed E-state index contributed by atoms with van der Waals surface area (Å²) in [4.78, 5) is 25.2. The van der Waals surface area contributed by atoms with Crippen LogP contribution in [0, 0.1) is 0 Å². The largest absolute Gasteiger partial charge is 0.503 e. The molecule has 3 rings (SSSR count). The van der Waals surface area contributed by atoms with Crippen LogP contribution in [0.2, 0.25) is 0 Å². The van der Waals surface area contributed by atoms with E-state index in [0.29, 0.717) is 33.3 Å². The molecule has 0 bridgehead atoms. The molecule has 0 unspecified atom stereocenters. The summed E-state index contributed by atoms with van der Waals surface area (Å²) in [5, 5.41) is 13.3. The number of carbonyl (C=O) groups excluding carboxylic acids is 2. The molecule has 7 heteroatoms. The summed E-state index contributed by atoms with van der Waals surface area (Å²) in [6, 6.07) is 3.36. The van der Waals surface area contributed by atoms with Gasteiger partial charge in [0.15, 0.2) is 17.3 Å². The first kappa shape index (κ1) is 18.5. The van der Waals surface area contributed by atoms with Crippen molar-refractivity contribution in [3.63, 3.8) is 0 Å². The van der Waals surface area contributed by atoms with Crippen molar-refractivity contribution in [2.24, 2.45) is 0 Å². The molecular weight excluding hydrogens is 402 g/mol. The van der Waals surface area contributed by atoms with E-state index in [0.717, 1.165) is 18.5 Å². The molecule has 0 aromatic heterocycles. The maximum absolute atomic E-state index is 12.7. The Morgan fingerprint density at radius 2 is 2.04 bits per heavy atom. The first-order chi connectivity index (χ1) is 12.4. The first-order valence-electron chi connectivity index (χ1n) is 8.27. The summed E-state index contributed by atoms with van der Waals surface area (Å²) in [6.45, 7) is 1.80. The molecule has 2 aliphatic rings. The lowest BCUT2D eigenvalue weighted by molar-refractivity contribution is -0.136. The van der Waals surface area contributed by atoms with Gasteiger partial charge in [0.25, 0.3) is 0 Å². The van der Waals surface area contributed by atoms with Gasteiger partial charge in [0, 0.05) is 29.3 Å². The molecule has 0 saturated carbocycles. The van der Waals surface area contributed by atoms with Crippen molar-refractivity contribution in [2.45, 2.75) is 32.1 Å². The highest BCUT2D eigenvalue weighted by Crippen LogP contribution is 2.46. The number of allylic oxidation sites excluding steroid dienone is 3. The number of methoxy groups -OCH3 is 2. The molecular formula is C19H20BrNO5. The van der Waals surface area contributed by atoms with Gasteiger partial charge >= 0.3 is 5.97 Å². The molecule has 6 nitrogen and oxygen atoms in total. The lowest BCUT2D eigenvalue weighted by Gasteiger charge is -2.34. The Hall–Kier alpha value is -2.28. The zero-order valence-electron chi connectivity index (χ0n) is 14.8. The number of phenols is 1. The fraction of sp³-hybridized carbons (Fsp3) is 0.368. The third kappa shape index (κ3) is 3.00. The van der Waals surface area contributed by atoms with Crippen molar-refractivity contribution in [3.05, 3.63) is 44.7 Å². The monoisotopic (exact) mass is 421 g/mol. The number of phenolic OH excluding ortho intramolecular Hbond substituents is 1. The summed E-state index contributed by atoms with van der Waals surface area (Å²) in [6.07, 6.45) is 1.97. The van der Waals surface area contributed by atoms with Crippen LogP contribution >= 0.6 is 15.9 Å². The summed E-state index contributed by atoms with van der Waals surface area (Å²) < 4.78 is 10.6. The number of aromatic hydroxyl groups is 1. The SMILES string of the molecule is COC(=O)C1=C(C)NC2=C(C(=O)CCC2)[C@@H]1c1cc(Br)c(O)c(OC)c1. The molecule has 138 valence electrons. The van der Waals surface area contributed by atoms with E-state index in [4.69, 9.17) is 9.47 Å². The van der Waals surface area contributed by atoms with Crippen LogP contribution in [0.15, 0.2) is 39.1 Å². The van der Waals surface area contributed by atoms with Crippen molar-refractivity contribution in [3.8, 4) is 11.5 Å². The van der Waals surface area contributed by atoms with Gasteiger partial charge in [0.05, 0.1) is 24.3 Å². The number of esters is 1. The lowest BCUT2D eigenvalue weighted by Crippen LogP contribution is -2.34. The number of nitrogens with one attached hydrogen (secondary N) is 1. The summed E-state index contributed by atoms with van der Waals surface area (Å²) in [7, 11) is 2.77. The number of rotatable bonds is 3. The second kappa shape index (κ2) is 7.15. The van der Waals surface area contributed by atoms with Crippen LogP contribution in [0.25, 0.3) is 0 Å². The van der Waals surface area contributed by atoms with Gasteiger partial charge in [-0.25, -0.2) is 4.79 Å². The van der Waals surface area contributed by atoms with Crippen LogP contribution < -0.4 is 10.1 Å². The Bertz CT molecular complexity index is 856. The van der Waals surface area contributed by atoms with E-state index in [1.54, 1.807) is 19.1 Å². The summed E-state index contributed by atoms with van der Waals surface area (Å²) in [5.74, 6) is -0.818. The Morgan fingerprint density at radius 3 is 2.69 bits per heavy atom. The van der Waals surface area contributed by atoms with Crippen molar-refractivity contribution >= 4 is 27.7 Å². The second-order valence-electron chi connectivity index (χ2n) is 6.31. The number of hydrogen-bond donors (Lipinski definition) is 2. The molecule has 1 aliphatic heterocycles. The minimum Gasteiger partial charge on any atom is -0.503 e. The maximum Gasteiger partial charge on any atom is 0.336 e. The predicted molar refractivity (Wildman–Crippen MR) is 98.8 cm³/mol. The Balaban J connectivity index is 2.25. The topological polar surface area (TPSA) is 84.9 Å². The van der Waals surface area contributed by atoms with Gasteiger partial charge in [-0.15, -0.1) is 0 Å². The molecule has 1 atom stereocenters. The van der Waals surface area contributed by atoms with E-state index in [1.807, 2.05) is 0 Å². The number of ketones is 1. The van der Waals surface area contributed by atoms with Gasteiger partial charge in [-0.1, -0.05) is 0 Å². The van der Waals surface area contributed by atoms with Crippen molar-refractivity contribution in [2.75, 3.05) is 14.2 Å². The number of halogens is 1. The van der Waals surface area contributed by atoms with E-state index < -0.39 is 11.9 Å². The lowest BCUT2D eigenvalue weighted by atomic mass is 9.75. The number of carbonyl (C=O) groups is 2. The summed E-state index contributed by atoms with van der Waals surface area (Å²) in [5.41, 5.74) is 3.16. The zero-order chi connectivity index (χ0) is 19.0. The van der Waals surface area contributed by atoms with Crippen molar-refractivity contribution in [1.29, 1.82) is 0 Å². The normalized spacial score (nSPS) is 19.8. The van der Waals surface area contributed by atoms with Crippen LogP contribution in [0.3, 0.4) is 0 Å². The third-order valence-electron chi connectivity index (χ3n) is 4.79. The van der Waals surface area contributed by atoms with Gasteiger partial charge in [-0.2, -0.15) is 0 Å². The third-order valence-corrected chi connectivity index (χ3v) is 5.39. The molecule has 1 aromatic rings. The molecule has 2 N–H and O–H groups in total. The Morgan fingerprint density at radius 1 is 1.31 bits per heavy atom. The van der Waals surface area contributed by atoms with Crippen molar-refractivity contribution < 1.29 is 24.2 Å². The van der Waals surface area contributed by atoms with Gasteiger partial charge in [-0.05, 0) is 53.4 Å². The standard InChI is InChI=1S/C19H20BrNO5/c1-9-15(19(24)26-3)16(17-12(21-9)5-4-6-13(17)22)10-7-11(20)18(23)14(8-10)25-2/h7-8,16,21,23H,4-6H2,1-3H3/t16-/m1/s1. The zero-order valence-corrected chi connectivity index (χ0v) is 16.4. The minimum atomic E-state index is -0.572. The molecule has 26 heavy (non-hydrogen) atoms. The Kier molecular flexibility index (Phi) is 5.09. The molecule has 0 spiro atoms. The Labute approximate surface area is 160 Å². The fourth-order valence-corrected chi connectivity index (χ4v) is 4.07. The molecule has 0 fully saturated rings. The summed E-state index contributed by atoms with van der Waals surface area (Å²) >= 11 is 3.32. The minimum absolute atomic E-state index is 0.0146. The van der Waals surface area contributed by atoms with Crippen LogP contribution in [0.5, 0.6) is 11.5 Å². The highest BCUT2D eigenvalue weighted by molar-refractivity contribution is 9.10. The molecule has 1 aromatic carbocycles. The van der Waals surface area contributed by atoms with E-state index in [2.05, 4.69) is 21.2 Å². The van der Waals surface area contributed by atoms with Gasteiger partial charge in [0.1, 0.15) is 0 Å². The molecule has 0 amide bonds. The van der Waals surface area contributed by atoms with E-state index >= 15 is 0 Å². The quantitative estimate of drug-likeness (QED) is 0.728. The number of benzene rings is 1. The highest BCUT2D eigenvalue weighted by atomic mass is 79.9. The van der Waals surface area contributed by atoms with Gasteiger partial charge in [-0.3, -0.25) is 4.79 Å². The van der Waals surface area contributed by atoms with E-state index in [1.165, 1.54) is 14.2 Å². The average Bonchev–Trinajstić information content (AvgIpc) is 2.62. The molecule has 1 heterocycles. The molecule has 1 aliphatic carbocycles. The van der Waals surface area contributed by atoms with E-state index in [-0.39, 0.29) is 17.3 Å². The second-order valence-corrected chi connectivity index (χ2v) is 7.17. The first-order valence-corrected chi connectivity index (χ1v) is 9.07.